The number of hydrogen-bond donors (Lipinski definition) is 2. The molecule has 6 nitrogen and oxygen atoms in total. The molecule has 0 aromatic heterocycles. The lowest BCUT2D eigenvalue weighted by atomic mass is 9.96. The van der Waals surface area contributed by atoms with Crippen LogP contribution in [0.5, 0.6) is 0 Å². The first-order valence-corrected chi connectivity index (χ1v) is 11.3. The Bertz CT molecular complexity index is 486. The number of carbonyl (C=O) groups excluding carboxylic acids is 1. The number of rotatable bonds is 17. The molecule has 0 bridgehead atoms. The van der Waals surface area contributed by atoms with Gasteiger partial charge < -0.3 is 14.9 Å². The number of ether oxygens (including phenoxy) is 1. The summed E-state index contributed by atoms with van der Waals surface area (Å²) < 4.78 is 4.17. The molecule has 0 aliphatic heterocycles. The molecule has 0 aliphatic carbocycles. The van der Waals surface area contributed by atoms with E-state index in [1.807, 2.05) is 0 Å². The van der Waals surface area contributed by atoms with E-state index >= 15 is 0 Å². The van der Waals surface area contributed by atoms with Gasteiger partial charge in [0.1, 0.15) is 0 Å². The Balaban J connectivity index is 0. The predicted molar refractivity (Wildman–Crippen MR) is 120 cm³/mol. The van der Waals surface area contributed by atoms with Crippen LogP contribution >= 0.6 is 0 Å². The summed E-state index contributed by atoms with van der Waals surface area (Å²) in [7, 11) is 0. The van der Waals surface area contributed by atoms with E-state index in [1.54, 1.807) is 0 Å². The molecule has 0 aromatic rings. The maximum absolute atomic E-state index is 11.5. The number of hydrogen-bond acceptors (Lipinski definition) is 4. The van der Waals surface area contributed by atoms with Crippen LogP contribution in [0.1, 0.15) is 111 Å². The minimum atomic E-state index is -1.06. The number of carboxylic acid groups (broad SMARTS) is 2. The molecule has 6 heteroatoms. The quantitative estimate of drug-likeness (QED) is 0.117. The van der Waals surface area contributed by atoms with Crippen molar-refractivity contribution >= 4 is 17.9 Å². The van der Waals surface area contributed by atoms with Crippen molar-refractivity contribution in [2.75, 3.05) is 0 Å². The van der Waals surface area contributed by atoms with E-state index in [1.165, 1.54) is 45.4 Å². The Kier molecular flexibility index (Phi) is 21.7. The van der Waals surface area contributed by atoms with Crippen molar-refractivity contribution in [2.45, 2.75) is 111 Å². The first kappa shape index (κ1) is 30.1. The average Bonchev–Trinajstić information content (AvgIpc) is 2.67. The molecule has 0 amide bonds. The maximum Gasteiger partial charge on any atom is 0.332 e. The van der Waals surface area contributed by atoms with Crippen molar-refractivity contribution in [3.05, 3.63) is 24.0 Å². The van der Waals surface area contributed by atoms with Gasteiger partial charge in [0, 0.05) is 18.1 Å². The molecule has 0 radical (unpaired) electrons. The first-order chi connectivity index (χ1) is 14.3. The van der Waals surface area contributed by atoms with Gasteiger partial charge in [-0.2, -0.15) is 0 Å². The normalized spacial score (nSPS) is 11.0. The van der Waals surface area contributed by atoms with E-state index in [0.717, 1.165) is 44.8 Å². The van der Waals surface area contributed by atoms with Gasteiger partial charge in [-0.15, -0.1) is 0 Å². The molecule has 0 aromatic carbocycles. The summed E-state index contributed by atoms with van der Waals surface area (Å²) in [4.78, 5) is 32.7. The molecule has 0 heterocycles. The molecule has 0 saturated carbocycles. The van der Waals surface area contributed by atoms with Gasteiger partial charge in [0.25, 0.3) is 0 Å². The van der Waals surface area contributed by atoms with E-state index in [4.69, 9.17) is 0 Å². The monoisotopic (exact) mass is 426 g/mol. The van der Waals surface area contributed by atoms with E-state index in [-0.39, 0.29) is 17.1 Å². The Morgan fingerprint density at radius 3 is 1.27 bits per heavy atom. The van der Waals surface area contributed by atoms with Crippen LogP contribution < -0.4 is 0 Å². The fourth-order valence-electron chi connectivity index (χ4n) is 3.06. The Morgan fingerprint density at radius 2 is 1.03 bits per heavy atom. The van der Waals surface area contributed by atoms with E-state index < -0.39 is 11.9 Å². The van der Waals surface area contributed by atoms with Crippen molar-refractivity contribution < 1.29 is 29.3 Å². The lowest BCUT2D eigenvalue weighted by Gasteiger charge is -2.09. The molecule has 0 rings (SSSR count). The Morgan fingerprint density at radius 1 is 0.700 bits per heavy atom. The highest BCUT2D eigenvalue weighted by Crippen LogP contribution is 2.21. The van der Waals surface area contributed by atoms with Gasteiger partial charge in [0.15, 0.2) is 0 Å². The summed E-state index contributed by atoms with van der Waals surface area (Å²) in [6.45, 7) is 8.80. The fourth-order valence-corrected chi connectivity index (χ4v) is 3.06. The molecule has 0 spiro atoms. The van der Waals surface area contributed by atoms with Crippen molar-refractivity contribution in [1.82, 2.24) is 0 Å². The molecular weight excluding hydrogens is 384 g/mol. The molecule has 0 unspecified atom stereocenters. The maximum atomic E-state index is 11.5. The zero-order valence-corrected chi connectivity index (χ0v) is 19.2. The van der Waals surface area contributed by atoms with Gasteiger partial charge in [-0.25, -0.2) is 9.59 Å². The number of carboxylic acids is 2. The van der Waals surface area contributed by atoms with Crippen LogP contribution in [0.2, 0.25) is 0 Å². The molecule has 0 atom stereocenters. The zero-order chi connectivity index (χ0) is 23.2. The van der Waals surface area contributed by atoms with Gasteiger partial charge >= 0.3 is 17.9 Å². The van der Waals surface area contributed by atoms with Crippen LogP contribution in [0.4, 0.5) is 0 Å². The van der Waals surface area contributed by atoms with Gasteiger partial charge in [0.2, 0.25) is 0 Å². The van der Waals surface area contributed by atoms with Gasteiger partial charge in [-0.3, -0.25) is 4.79 Å². The molecule has 0 saturated heterocycles. The zero-order valence-electron chi connectivity index (χ0n) is 19.2. The highest BCUT2D eigenvalue weighted by molar-refractivity contribution is 5.98. The summed E-state index contributed by atoms with van der Waals surface area (Å²) in [6.07, 6.45) is 14.6. The van der Waals surface area contributed by atoms with Crippen LogP contribution in [-0.2, 0) is 19.1 Å². The van der Waals surface area contributed by atoms with Crippen LogP contribution in [0.3, 0.4) is 0 Å². The second kappa shape index (κ2) is 21.6. The topological polar surface area (TPSA) is 101 Å². The molecule has 2 N–H and O–H groups in total. The first-order valence-electron chi connectivity index (χ1n) is 11.3. The van der Waals surface area contributed by atoms with Gasteiger partial charge in [-0.1, -0.05) is 84.6 Å². The molecule has 174 valence electrons. The lowest BCUT2D eigenvalue weighted by Crippen LogP contribution is -2.12. The highest BCUT2D eigenvalue weighted by Gasteiger charge is 2.19. The SMILES string of the molecule is C=COC(C)=O.CCCCCCCCC(C(=O)O)=C(CCCCCCCC)C(=O)O. The third kappa shape index (κ3) is 19.2. The summed E-state index contributed by atoms with van der Waals surface area (Å²) in [5.74, 6) is -2.45. The molecule has 30 heavy (non-hydrogen) atoms. The number of unbranched alkanes of at least 4 members (excludes halogenated alkanes) is 10. The highest BCUT2D eigenvalue weighted by atomic mass is 16.5. The van der Waals surface area contributed by atoms with Crippen molar-refractivity contribution in [3.63, 3.8) is 0 Å². The lowest BCUT2D eigenvalue weighted by molar-refractivity contribution is -0.136. The number of carbonyl (C=O) groups is 3. The van der Waals surface area contributed by atoms with E-state index in [0.29, 0.717) is 12.8 Å². The number of aliphatic carboxylic acids is 2. The van der Waals surface area contributed by atoms with Crippen molar-refractivity contribution in [2.24, 2.45) is 0 Å². The minimum absolute atomic E-state index is 0.117. The van der Waals surface area contributed by atoms with Gasteiger partial charge in [-0.05, 0) is 25.7 Å². The summed E-state index contributed by atoms with van der Waals surface area (Å²) in [6, 6.07) is 0. The minimum Gasteiger partial charge on any atom is -0.478 e. The van der Waals surface area contributed by atoms with E-state index in [9.17, 15) is 24.6 Å². The second-order valence-electron chi connectivity index (χ2n) is 7.38. The fraction of sp³-hybridized carbons (Fsp3) is 0.708. The van der Waals surface area contributed by atoms with E-state index in [2.05, 4.69) is 25.2 Å². The Hall–Kier alpha value is -2.11. The van der Waals surface area contributed by atoms with Crippen molar-refractivity contribution in [3.8, 4) is 0 Å². The van der Waals surface area contributed by atoms with Crippen LogP contribution in [0, 0.1) is 0 Å². The summed E-state index contributed by atoms with van der Waals surface area (Å²) in [5.41, 5.74) is 0.234. The second-order valence-corrected chi connectivity index (χ2v) is 7.38. The largest absolute Gasteiger partial charge is 0.478 e. The molecule has 0 fully saturated rings. The third-order valence-electron chi connectivity index (χ3n) is 4.69. The smallest absolute Gasteiger partial charge is 0.332 e. The molecular formula is C24H42O6. The van der Waals surface area contributed by atoms with Gasteiger partial charge in [0.05, 0.1) is 6.26 Å². The van der Waals surface area contributed by atoms with Crippen LogP contribution in [-0.4, -0.2) is 28.1 Å². The standard InChI is InChI=1S/C20H36O4.C4H6O2/c1-3-5-7-9-11-13-15-17(19(21)22)18(20(23)24)16-14-12-10-8-6-4-2;1-3-6-4(2)5/h3-16H2,1-2H3,(H,21,22)(H,23,24);3H,1H2,2H3. The summed E-state index contributed by atoms with van der Waals surface area (Å²) >= 11 is 0. The average molecular weight is 427 g/mol. The number of esters is 1. The third-order valence-corrected chi connectivity index (χ3v) is 4.69. The van der Waals surface area contributed by atoms with Crippen LogP contribution in [0.15, 0.2) is 24.0 Å². The predicted octanol–water partition coefficient (Wildman–Crippen LogP) is 6.65. The summed E-state index contributed by atoms with van der Waals surface area (Å²) in [5, 5.41) is 18.8. The van der Waals surface area contributed by atoms with Crippen LogP contribution in [0.25, 0.3) is 0 Å². The molecule has 0 aliphatic rings. The Labute approximate surface area is 182 Å². The van der Waals surface area contributed by atoms with Crippen molar-refractivity contribution in [1.29, 1.82) is 0 Å².